The van der Waals surface area contributed by atoms with Gasteiger partial charge in [0.05, 0.1) is 0 Å². The highest BCUT2D eigenvalue weighted by Gasteiger charge is 2.24. The molecule has 0 heterocycles. The fraction of sp³-hybridized carbons (Fsp3) is 0. The van der Waals surface area contributed by atoms with Gasteiger partial charge < -0.3 is 15.1 Å². The number of hydrogen-bond donors (Lipinski definition) is 3. The van der Waals surface area contributed by atoms with Gasteiger partial charge >= 0.3 is 7.32 Å². The fourth-order valence-electron chi connectivity index (χ4n) is 1.87. The summed E-state index contributed by atoms with van der Waals surface area (Å²) in [7, 11) is 2.15. The molecule has 0 radical (unpaired) electrons. The van der Waals surface area contributed by atoms with Gasteiger partial charge in [-0.2, -0.15) is 0 Å². The molecule has 0 fully saturated rings. The second kappa shape index (κ2) is 15.7. The van der Waals surface area contributed by atoms with E-state index in [0.29, 0.717) is 0 Å². The first-order valence-corrected chi connectivity index (χ1v) is 10.7. The van der Waals surface area contributed by atoms with Gasteiger partial charge in [-0.3, -0.25) is 0 Å². The molecule has 40 heavy (non-hydrogen) atoms. The zero-order chi connectivity index (χ0) is 32.0. The van der Waals surface area contributed by atoms with Crippen LogP contribution in [0.1, 0.15) is 0 Å². The molecular formula is C18H9BF15O3P3. The minimum Gasteiger partial charge on any atom is -0.402 e. The van der Waals surface area contributed by atoms with Crippen molar-refractivity contribution in [3.63, 3.8) is 0 Å². The van der Waals surface area contributed by atoms with Crippen LogP contribution in [-0.2, 0) is 0 Å². The molecule has 0 saturated heterocycles. The summed E-state index contributed by atoms with van der Waals surface area (Å²) in [6, 6.07) is 0. The Hall–Kier alpha value is -2.16. The molecule has 0 amide bonds. The fourth-order valence-corrected chi connectivity index (χ4v) is 2.63. The first-order chi connectivity index (χ1) is 18.1. The van der Waals surface area contributed by atoms with Crippen LogP contribution < -0.4 is 15.9 Å². The normalized spacial score (nSPS) is 10.1. The van der Waals surface area contributed by atoms with Gasteiger partial charge in [0.25, 0.3) is 0 Å². The highest BCUT2D eigenvalue weighted by molar-refractivity contribution is 7.27. The van der Waals surface area contributed by atoms with E-state index < -0.39 is 110 Å². The Morgan fingerprint density at radius 1 is 0.275 bits per heavy atom. The van der Waals surface area contributed by atoms with Crippen LogP contribution in [0, 0.1) is 87.3 Å². The van der Waals surface area contributed by atoms with Crippen molar-refractivity contribution >= 4 is 51.0 Å². The Morgan fingerprint density at radius 2 is 0.350 bits per heavy atom. The molecule has 0 saturated carbocycles. The van der Waals surface area contributed by atoms with E-state index in [4.69, 9.17) is 15.1 Å². The van der Waals surface area contributed by atoms with Gasteiger partial charge in [-0.15, -0.1) is 0 Å². The summed E-state index contributed by atoms with van der Waals surface area (Å²) in [6.45, 7) is 0. The summed E-state index contributed by atoms with van der Waals surface area (Å²) >= 11 is 0. The first-order valence-electron chi connectivity index (χ1n) is 8.98. The van der Waals surface area contributed by atoms with Gasteiger partial charge in [0.15, 0.2) is 69.8 Å². The van der Waals surface area contributed by atoms with Gasteiger partial charge in [0.1, 0.15) is 0 Å². The second-order valence-electron chi connectivity index (χ2n) is 6.30. The third-order valence-electron chi connectivity index (χ3n) is 3.73. The molecule has 3 aromatic rings. The average molecular weight is 662 g/mol. The number of benzene rings is 3. The maximum Gasteiger partial charge on any atom is 0.631 e. The van der Waals surface area contributed by atoms with E-state index in [1.165, 1.54) is 27.7 Å². The average Bonchev–Trinajstić information content (AvgIpc) is 2.92. The van der Waals surface area contributed by atoms with Gasteiger partial charge in [-0.25, -0.2) is 65.9 Å². The Kier molecular flexibility index (Phi) is 14.9. The molecule has 3 unspecified atom stereocenters. The van der Waals surface area contributed by atoms with Gasteiger partial charge in [0.2, 0.25) is 17.5 Å². The molecular weight excluding hydrogens is 653 g/mol. The predicted octanol–water partition coefficient (Wildman–Crippen LogP) is 3.60. The van der Waals surface area contributed by atoms with E-state index in [-0.39, 0.29) is 0 Å². The Balaban J connectivity index is 0.000000534. The second-order valence-corrected chi connectivity index (χ2v) is 8.03. The number of hydrogen-bond acceptors (Lipinski definition) is 3. The van der Waals surface area contributed by atoms with Crippen molar-refractivity contribution in [1.82, 2.24) is 0 Å². The Labute approximate surface area is 219 Å². The van der Waals surface area contributed by atoms with Crippen LogP contribution >= 0.6 is 27.7 Å². The third-order valence-corrected chi connectivity index (χ3v) is 5.25. The number of rotatable bonds is 0. The lowest BCUT2D eigenvalue weighted by Crippen LogP contribution is -2.13. The van der Waals surface area contributed by atoms with Gasteiger partial charge in [-0.05, 0) is 0 Å². The van der Waals surface area contributed by atoms with E-state index in [1.54, 1.807) is 0 Å². The van der Waals surface area contributed by atoms with Gasteiger partial charge in [0, 0.05) is 15.9 Å². The summed E-state index contributed by atoms with van der Waals surface area (Å²) < 4.78 is 184. The standard InChI is InChI=1S/3C6H2F5P.BH3O3/c3*7-1-2(8)4(10)6(12)5(11)3(1)9;2-1(3)4/h3*12H2;2-4H. The zero-order valence-electron chi connectivity index (χ0n) is 18.3. The molecule has 3 nitrogen and oxygen atoms in total. The van der Waals surface area contributed by atoms with Crippen molar-refractivity contribution < 1.29 is 80.9 Å². The quantitative estimate of drug-likeness (QED) is 0.114. The van der Waals surface area contributed by atoms with Crippen LogP contribution in [0.5, 0.6) is 0 Å². The van der Waals surface area contributed by atoms with Crippen molar-refractivity contribution in [3.05, 3.63) is 87.3 Å². The van der Waals surface area contributed by atoms with E-state index in [2.05, 4.69) is 0 Å². The van der Waals surface area contributed by atoms with E-state index in [0.717, 1.165) is 0 Å². The SMILES string of the molecule is Fc1c(F)c(F)c(P)c(F)c1F.Fc1c(F)c(F)c(P)c(F)c1F.Fc1c(F)c(F)c(P)c(F)c1F.OB(O)O. The van der Waals surface area contributed by atoms with Crippen LogP contribution in [0.15, 0.2) is 0 Å². The van der Waals surface area contributed by atoms with Crippen molar-refractivity contribution in [2.24, 2.45) is 0 Å². The summed E-state index contributed by atoms with van der Waals surface area (Å²) in [5, 5.41) is 18.6. The molecule has 0 bridgehead atoms. The van der Waals surface area contributed by atoms with E-state index in [1.807, 2.05) is 0 Å². The topological polar surface area (TPSA) is 60.7 Å². The molecule has 0 aliphatic carbocycles. The molecule has 0 aliphatic heterocycles. The van der Waals surface area contributed by atoms with Crippen LogP contribution in [-0.4, -0.2) is 22.4 Å². The summed E-state index contributed by atoms with van der Waals surface area (Å²) in [5.74, 6) is -29.0. The van der Waals surface area contributed by atoms with E-state index >= 15 is 0 Å². The molecule has 0 aromatic heterocycles. The van der Waals surface area contributed by atoms with Crippen molar-refractivity contribution in [3.8, 4) is 0 Å². The molecule has 0 spiro atoms. The minimum absolute atomic E-state index is 0.952. The number of halogens is 15. The molecule has 3 aromatic carbocycles. The van der Waals surface area contributed by atoms with E-state index in [9.17, 15) is 65.9 Å². The van der Waals surface area contributed by atoms with Crippen LogP contribution in [0.25, 0.3) is 0 Å². The minimum atomic E-state index is -2.17. The molecule has 22 heteroatoms. The van der Waals surface area contributed by atoms with Crippen molar-refractivity contribution in [2.75, 3.05) is 0 Å². The highest BCUT2D eigenvalue weighted by Crippen LogP contribution is 2.19. The lowest BCUT2D eigenvalue weighted by molar-refractivity contribution is 0.278. The molecule has 3 atom stereocenters. The zero-order valence-corrected chi connectivity index (χ0v) is 21.8. The third kappa shape index (κ3) is 8.92. The van der Waals surface area contributed by atoms with Crippen LogP contribution in [0.4, 0.5) is 65.9 Å². The maximum absolute atomic E-state index is 12.4. The summed E-state index contributed by atoms with van der Waals surface area (Å²) in [5.41, 5.74) is 0. The monoisotopic (exact) mass is 662 g/mol. The lowest BCUT2D eigenvalue weighted by atomic mass is 10.3. The smallest absolute Gasteiger partial charge is 0.402 e. The van der Waals surface area contributed by atoms with Crippen LogP contribution in [0.3, 0.4) is 0 Å². The molecule has 3 N–H and O–H groups in total. The molecule has 3 rings (SSSR count). The van der Waals surface area contributed by atoms with Crippen molar-refractivity contribution in [2.45, 2.75) is 0 Å². The molecule has 0 aliphatic rings. The summed E-state index contributed by atoms with van der Waals surface area (Å²) in [4.78, 5) is 0. The summed E-state index contributed by atoms with van der Waals surface area (Å²) in [6.07, 6.45) is 0. The first kappa shape index (κ1) is 37.8. The highest BCUT2D eigenvalue weighted by atomic mass is 31.0. The predicted molar refractivity (Wildman–Crippen MR) is 119 cm³/mol. The van der Waals surface area contributed by atoms with Crippen molar-refractivity contribution in [1.29, 1.82) is 0 Å². The van der Waals surface area contributed by atoms with Crippen LogP contribution in [0.2, 0.25) is 0 Å². The maximum atomic E-state index is 12.4. The van der Waals surface area contributed by atoms with Gasteiger partial charge in [-0.1, -0.05) is 27.7 Å². The Morgan fingerprint density at radius 3 is 0.450 bits per heavy atom. The lowest BCUT2D eigenvalue weighted by Gasteiger charge is -2.02. The Bertz CT molecular complexity index is 917. The largest absolute Gasteiger partial charge is 0.631 e. The molecule has 222 valence electrons.